The molecular weight excluding hydrogens is 266 g/mol. The molecule has 0 fully saturated rings. The number of hydrogen-bond donors (Lipinski definition) is 3. The molecule has 0 unspecified atom stereocenters. The normalized spacial score (nSPS) is 11.4. The third-order valence-electron chi connectivity index (χ3n) is 3.18. The highest BCUT2D eigenvalue weighted by Gasteiger charge is 2.26. The Hall–Kier alpha value is -2.37. The molecule has 0 saturated carbocycles. The van der Waals surface area contributed by atoms with E-state index >= 15 is 0 Å². The number of benzene rings is 1. The number of amides is 1. The van der Waals surface area contributed by atoms with Crippen LogP contribution in [0.5, 0.6) is 0 Å². The monoisotopic (exact) mass is 287 g/mol. The lowest BCUT2D eigenvalue weighted by atomic mass is 10.0. The fourth-order valence-corrected chi connectivity index (χ4v) is 1.85. The molecule has 0 bridgehead atoms. The SMILES string of the molecule is CCCNc1nc(NC(C)(C)C(N)=O)c2ccccc2n1. The summed E-state index contributed by atoms with van der Waals surface area (Å²) in [6.45, 7) is 6.32. The molecule has 0 radical (unpaired) electrons. The van der Waals surface area contributed by atoms with E-state index in [-0.39, 0.29) is 0 Å². The van der Waals surface area contributed by atoms with Crippen molar-refractivity contribution in [3.63, 3.8) is 0 Å². The molecule has 1 aromatic heterocycles. The molecule has 0 atom stereocenters. The summed E-state index contributed by atoms with van der Waals surface area (Å²) in [4.78, 5) is 20.5. The van der Waals surface area contributed by atoms with E-state index in [0.29, 0.717) is 11.8 Å². The minimum absolute atomic E-state index is 0.437. The van der Waals surface area contributed by atoms with E-state index in [4.69, 9.17) is 5.73 Å². The summed E-state index contributed by atoms with van der Waals surface area (Å²) in [5.41, 5.74) is 5.34. The van der Waals surface area contributed by atoms with Crippen LogP contribution in [0.4, 0.5) is 11.8 Å². The molecule has 2 aromatic rings. The van der Waals surface area contributed by atoms with Gasteiger partial charge in [0, 0.05) is 11.9 Å². The Balaban J connectivity index is 2.46. The zero-order chi connectivity index (χ0) is 15.5. The molecule has 1 aromatic carbocycles. The zero-order valence-electron chi connectivity index (χ0n) is 12.6. The topological polar surface area (TPSA) is 92.9 Å². The minimum atomic E-state index is -0.890. The van der Waals surface area contributed by atoms with Gasteiger partial charge in [-0.15, -0.1) is 0 Å². The molecule has 6 nitrogen and oxygen atoms in total. The lowest BCUT2D eigenvalue weighted by Gasteiger charge is -2.24. The zero-order valence-corrected chi connectivity index (χ0v) is 12.6. The van der Waals surface area contributed by atoms with Crippen molar-refractivity contribution < 1.29 is 4.79 Å². The van der Waals surface area contributed by atoms with E-state index in [9.17, 15) is 4.79 Å². The third kappa shape index (κ3) is 3.39. The Morgan fingerprint density at radius 1 is 1.29 bits per heavy atom. The molecule has 2 rings (SSSR count). The van der Waals surface area contributed by atoms with Crippen molar-refractivity contribution in [1.29, 1.82) is 0 Å². The second-order valence-corrected chi connectivity index (χ2v) is 5.45. The standard InChI is InChI=1S/C15H21N5O/c1-4-9-17-14-18-11-8-6-5-7-10(11)12(19-14)20-15(2,3)13(16)21/h5-8H,4,9H2,1-3H3,(H2,16,21)(H2,17,18,19,20). The number of primary amides is 1. The van der Waals surface area contributed by atoms with Gasteiger partial charge in [0.15, 0.2) is 0 Å². The van der Waals surface area contributed by atoms with Crippen LogP contribution in [0.1, 0.15) is 27.2 Å². The molecule has 0 aliphatic carbocycles. The van der Waals surface area contributed by atoms with Gasteiger partial charge in [0.2, 0.25) is 11.9 Å². The lowest BCUT2D eigenvalue weighted by molar-refractivity contribution is -0.121. The number of nitrogens with zero attached hydrogens (tertiary/aromatic N) is 2. The van der Waals surface area contributed by atoms with Crippen molar-refractivity contribution in [1.82, 2.24) is 9.97 Å². The van der Waals surface area contributed by atoms with Gasteiger partial charge in [-0.1, -0.05) is 19.1 Å². The van der Waals surface area contributed by atoms with Gasteiger partial charge < -0.3 is 16.4 Å². The molecule has 4 N–H and O–H groups in total. The predicted molar refractivity (Wildman–Crippen MR) is 85.2 cm³/mol. The van der Waals surface area contributed by atoms with Crippen LogP contribution in [0.25, 0.3) is 10.9 Å². The Bertz CT molecular complexity index is 654. The summed E-state index contributed by atoms with van der Waals surface area (Å²) in [5, 5.41) is 7.13. The van der Waals surface area contributed by atoms with Crippen LogP contribution in [0.15, 0.2) is 24.3 Å². The Morgan fingerprint density at radius 3 is 2.67 bits per heavy atom. The molecule has 0 spiro atoms. The molecule has 0 saturated heterocycles. The highest BCUT2D eigenvalue weighted by molar-refractivity contribution is 5.94. The van der Waals surface area contributed by atoms with E-state index in [2.05, 4.69) is 27.5 Å². The Morgan fingerprint density at radius 2 is 2.00 bits per heavy atom. The van der Waals surface area contributed by atoms with Crippen molar-refractivity contribution in [3.8, 4) is 0 Å². The number of hydrogen-bond acceptors (Lipinski definition) is 5. The van der Waals surface area contributed by atoms with Gasteiger partial charge in [0.1, 0.15) is 11.4 Å². The van der Waals surface area contributed by atoms with Crippen molar-refractivity contribution in [3.05, 3.63) is 24.3 Å². The van der Waals surface area contributed by atoms with Crippen LogP contribution >= 0.6 is 0 Å². The third-order valence-corrected chi connectivity index (χ3v) is 3.18. The highest BCUT2D eigenvalue weighted by Crippen LogP contribution is 2.24. The van der Waals surface area contributed by atoms with Crippen molar-refractivity contribution in [2.75, 3.05) is 17.2 Å². The summed E-state index contributed by atoms with van der Waals surface area (Å²) >= 11 is 0. The van der Waals surface area contributed by atoms with Gasteiger partial charge >= 0.3 is 0 Å². The van der Waals surface area contributed by atoms with Gasteiger partial charge in [0.05, 0.1) is 5.52 Å². The number of carbonyl (C=O) groups is 1. The van der Waals surface area contributed by atoms with Gasteiger partial charge in [-0.3, -0.25) is 4.79 Å². The first-order chi connectivity index (χ1) is 9.94. The largest absolute Gasteiger partial charge is 0.368 e. The minimum Gasteiger partial charge on any atom is -0.368 e. The van der Waals surface area contributed by atoms with Crippen molar-refractivity contribution in [2.24, 2.45) is 5.73 Å². The Kier molecular flexibility index (Phi) is 4.26. The van der Waals surface area contributed by atoms with Crippen molar-refractivity contribution >= 4 is 28.6 Å². The second kappa shape index (κ2) is 5.95. The van der Waals surface area contributed by atoms with Gasteiger partial charge in [-0.05, 0) is 32.4 Å². The number of para-hydroxylation sites is 1. The van der Waals surface area contributed by atoms with Gasteiger partial charge in [0.25, 0.3) is 0 Å². The highest BCUT2D eigenvalue weighted by atomic mass is 16.1. The summed E-state index contributed by atoms with van der Waals surface area (Å²) in [5.74, 6) is 0.703. The molecule has 6 heteroatoms. The van der Waals surface area contributed by atoms with Gasteiger partial charge in [-0.25, -0.2) is 4.98 Å². The number of nitrogens with one attached hydrogen (secondary N) is 2. The number of nitrogens with two attached hydrogens (primary N) is 1. The smallest absolute Gasteiger partial charge is 0.242 e. The second-order valence-electron chi connectivity index (χ2n) is 5.45. The summed E-state index contributed by atoms with van der Waals surface area (Å²) < 4.78 is 0. The van der Waals surface area contributed by atoms with E-state index in [1.165, 1.54) is 0 Å². The number of rotatable bonds is 6. The first-order valence-corrected chi connectivity index (χ1v) is 7.03. The van der Waals surface area contributed by atoms with Gasteiger partial charge in [-0.2, -0.15) is 4.98 Å². The first kappa shape index (κ1) is 15.0. The van der Waals surface area contributed by atoms with E-state index < -0.39 is 11.4 Å². The summed E-state index contributed by atoms with van der Waals surface area (Å²) in [6.07, 6.45) is 0.978. The maximum atomic E-state index is 11.5. The van der Waals surface area contributed by atoms with Crippen LogP contribution in [0.2, 0.25) is 0 Å². The average molecular weight is 287 g/mol. The van der Waals surface area contributed by atoms with Crippen LogP contribution in [0.3, 0.4) is 0 Å². The molecule has 1 heterocycles. The average Bonchev–Trinajstić information content (AvgIpc) is 2.44. The van der Waals surface area contributed by atoms with E-state index in [1.54, 1.807) is 13.8 Å². The number of fused-ring (bicyclic) bond motifs is 1. The summed E-state index contributed by atoms with van der Waals surface area (Å²) in [7, 11) is 0. The lowest BCUT2D eigenvalue weighted by Crippen LogP contribution is -2.45. The fourth-order valence-electron chi connectivity index (χ4n) is 1.85. The van der Waals surface area contributed by atoms with E-state index in [0.717, 1.165) is 23.9 Å². The first-order valence-electron chi connectivity index (χ1n) is 7.03. The molecular formula is C15H21N5O. The number of aromatic nitrogens is 2. The molecule has 0 aliphatic heterocycles. The molecule has 21 heavy (non-hydrogen) atoms. The Labute approximate surface area is 124 Å². The number of carbonyl (C=O) groups excluding carboxylic acids is 1. The van der Waals surface area contributed by atoms with Crippen LogP contribution < -0.4 is 16.4 Å². The van der Waals surface area contributed by atoms with E-state index in [1.807, 2.05) is 24.3 Å². The summed E-state index contributed by atoms with van der Waals surface area (Å²) in [6, 6.07) is 7.66. The van der Waals surface area contributed by atoms with Crippen molar-refractivity contribution in [2.45, 2.75) is 32.7 Å². The molecule has 112 valence electrons. The molecule has 1 amide bonds. The maximum absolute atomic E-state index is 11.5. The van der Waals surface area contributed by atoms with Crippen LogP contribution in [-0.2, 0) is 4.79 Å². The predicted octanol–water partition coefficient (Wildman–Crippen LogP) is 2.13. The fraction of sp³-hybridized carbons (Fsp3) is 0.400. The maximum Gasteiger partial charge on any atom is 0.242 e. The quantitative estimate of drug-likeness (QED) is 0.756. The van der Waals surface area contributed by atoms with Crippen LogP contribution in [-0.4, -0.2) is 28.0 Å². The molecule has 0 aliphatic rings. The number of anilines is 2. The van der Waals surface area contributed by atoms with Crippen LogP contribution in [0, 0.1) is 0 Å².